The zero-order valence-electron chi connectivity index (χ0n) is 13.2. The molecule has 0 amide bonds. The van der Waals surface area contributed by atoms with Gasteiger partial charge in [0.2, 0.25) is 0 Å². The van der Waals surface area contributed by atoms with E-state index in [0.29, 0.717) is 11.8 Å². The van der Waals surface area contributed by atoms with Crippen molar-refractivity contribution in [1.82, 2.24) is 9.97 Å². The molecule has 0 aromatic carbocycles. The molecule has 0 saturated heterocycles. The molecule has 0 spiro atoms. The van der Waals surface area contributed by atoms with Crippen molar-refractivity contribution in [3.63, 3.8) is 0 Å². The molecule has 0 aliphatic carbocycles. The number of hydrogen-bond donors (Lipinski definition) is 2. The van der Waals surface area contributed by atoms with Gasteiger partial charge in [0.15, 0.2) is 0 Å². The van der Waals surface area contributed by atoms with Crippen LogP contribution in [0.15, 0.2) is 0 Å². The molecule has 4 nitrogen and oxygen atoms in total. The van der Waals surface area contributed by atoms with E-state index in [9.17, 15) is 0 Å². The van der Waals surface area contributed by atoms with Crippen molar-refractivity contribution in [1.29, 1.82) is 0 Å². The highest BCUT2D eigenvalue weighted by atomic mass is 15.1. The number of hydrogen-bond acceptors (Lipinski definition) is 4. The van der Waals surface area contributed by atoms with Crippen LogP contribution >= 0.6 is 0 Å². The lowest BCUT2D eigenvalue weighted by Gasteiger charge is -2.19. The number of nitrogens with zero attached hydrogens (tertiary/aromatic N) is 2. The molecule has 108 valence electrons. The Bertz CT molecular complexity index is 401. The Labute approximate surface area is 117 Å². The van der Waals surface area contributed by atoms with Crippen molar-refractivity contribution in [2.24, 2.45) is 11.8 Å². The van der Waals surface area contributed by atoms with Gasteiger partial charge in [-0.05, 0) is 32.1 Å². The van der Waals surface area contributed by atoms with Crippen molar-refractivity contribution in [3.8, 4) is 0 Å². The molecule has 1 heterocycles. The van der Waals surface area contributed by atoms with Crippen LogP contribution in [0.1, 0.15) is 45.5 Å². The Morgan fingerprint density at radius 1 is 1.00 bits per heavy atom. The summed E-state index contributed by atoms with van der Waals surface area (Å²) < 4.78 is 0. The van der Waals surface area contributed by atoms with E-state index in [4.69, 9.17) is 0 Å². The minimum atomic E-state index is 0.627. The van der Waals surface area contributed by atoms with Crippen molar-refractivity contribution < 1.29 is 0 Å². The first kappa shape index (κ1) is 15.7. The average Bonchev–Trinajstić information content (AvgIpc) is 2.37. The minimum Gasteiger partial charge on any atom is -0.370 e. The average molecular weight is 264 g/mol. The maximum absolute atomic E-state index is 4.51. The van der Waals surface area contributed by atoms with Gasteiger partial charge in [-0.25, -0.2) is 9.97 Å². The molecular weight excluding hydrogens is 236 g/mol. The molecular formula is C15H28N4. The van der Waals surface area contributed by atoms with E-state index in [1.807, 2.05) is 6.92 Å². The molecule has 0 aliphatic heterocycles. The Morgan fingerprint density at radius 3 is 2.11 bits per heavy atom. The molecule has 1 aromatic heterocycles. The predicted octanol–water partition coefficient (Wildman–Crippen LogP) is 3.62. The maximum Gasteiger partial charge on any atom is 0.134 e. The molecule has 1 rings (SSSR count). The molecule has 1 atom stereocenters. The van der Waals surface area contributed by atoms with Crippen LogP contribution in [0.3, 0.4) is 0 Å². The smallest absolute Gasteiger partial charge is 0.134 e. The summed E-state index contributed by atoms with van der Waals surface area (Å²) in [5, 5.41) is 6.82. The van der Waals surface area contributed by atoms with Crippen molar-refractivity contribution in [3.05, 3.63) is 11.4 Å². The summed E-state index contributed by atoms with van der Waals surface area (Å²) in [6.45, 7) is 14.8. The Balaban J connectivity index is 2.79. The quantitative estimate of drug-likeness (QED) is 0.789. The third-order valence-electron chi connectivity index (χ3n) is 3.53. The van der Waals surface area contributed by atoms with Gasteiger partial charge in [0.1, 0.15) is 17.5 Å². The van der Waals surface area contributed by atoms with Crippen molar-refractivity contribution in [2.45, 2.75) is 48.0 Å². The highest BCUT2D eigenvalue weighted by molar-refractivity contribution is 5.57. The largest absolute Gasteiger partial charge is 0.370 e. The minimum absolute atomic E-state index is 0.627. The Morgan fingerprint density at radius 2 is 1.58 bits per heavy atom. The third kappa shape index (κ3) is 4.69. The lowest BCUT2D eigenvalue weighted by molar-refractivity contribution is 0.439. The van der Waals surface area contributed by atoms with E-state index in [2.05, 4.69) is 55.2 Å². The van der Waals surface area contributed by atoms with Gasteiger partial charge < -0.3 is 10.6 Å². The summed E-state index contributed by atoms with van der Waals surface area (Å²) in [4.78, 5) is 8.98. The Kier molecular flexibility index (Phi) is 6.06. The van der Waals surface area contributed by atoms with Gasteiger partial charge in [-0.3, -0.25) is 0 Å². The van der Waals surface area contributed by atoms with Crippen LogP contribution in [0.25, 0.3) is 0 Å². The zero-order chi connectivity index (χ0) is 14.4. The number of rotatable bonds is 7. The molecule has 2 N–H and O–H groups in total. The van der Waals surface area contributed by atoms with Crippen molar-refractivity contribution >= 4 is 11.6 Å². The van der Waals surface area contributed by atoms with Gasteiger partial charge >= 0.3 is 0 Å². The standard InChI is InChI=1S/C15H28N4/c1-7-8-16-14-12(5)15(19-13(6)18-14)17-9-11(4)10(2)3/h10-11H,7-9H2,1-6H3,(H2,16,17,18,19). The summed E-state index contributed by atoms with van der Waals surface area (Å²) in [5.41, 5.74) is 1.11. The second-order valence-electron chi connectivity index (χ2n) is 5.62. The topological polar surface area (TPSA) is 49.8 Å². The van der Waals surface area contributed by atoms with Gasteiger partial charge in [-0.2, -0.15) is 0 Å². The van der Waals surface area contributed by atoms with Crippen LogP contribution in [0.4, 0.5) is 11.6 Å². The summed E-state index contributed by atoms with van der Waals surface area (Å²) in [7, 11) is 0. The lowest BCUT2D eigenvalue weighted by atomic mass is 9.98. The molecule has 1 unspecified atom stereocenters. The Hall–Kier alpha value is -1.32. The van der Waals surface area contributed by atoms with Crippen molar-refractivity contribution in [2.75, 3.05) is 23.7 Å². The van der Waals surface area contributed by atoms with Crippen LogP contribution in [0, 0.1) is 25.7 Å². The fourth-order valence-corrected chi connectivity index (χ4v) is 1.71. The second-order valence-corrected chi connectivity index (χ2v) is 5.62. The summed E-state index contributed by atoms with van der Waals surface area (Å²) in [6, 6.07) is 0. The summed E-state index contributed by atoms with van der Waals surface area (Å²) in [5.74, 6) is 4.02. The number of nitrogens with one attached hydrogen (secondary N) is 2. The highest BCUT2D eigenvalue weighted by Gasteiger charge is 2.11. The van der Waals surface area contributed by atoms with Crippen LogP contribution in [-0.4, -0.2) is 23.1 Å². The van der Waals surface area contributed by atoms with E-state index in [-0.39, 0.29) is 0 Å². The van der Waals surface area contributed by atoms with Gasteiger partial charge in [-0.1, -0.05) is 27.7 Å². The molecule has 19 heavy (non-hydrogen) atoms. The SMILES string of the molecule is CCCNc1nc(C)nc(NCC(C)C(C)C)c1C. The first-order valence-corrected chi connectivity index (χ1v) is 7.28. The van der Waals surface area contributed by atoms with E-state index in [1.54, 1.807) is 0 Å². The van der Waals surface area contributed by atoms with Crippen LogP contribution in [0.2, 0.25) is 0 Å². The highest BCUT2D eigenvalue weighted by Crippen LogP contribution is 2.21. The molecule has 0 aliphatic rings. The first-order valence-electron chi connectivity index (χ1n) is 7.28. The monoisotopic (exact) mass is 264 g/mol. The fourth-order valence-electron chi connectivity index (χ4n) is 1.71. The molecule has 1 aromatic rings. The van der Waals surface area contributed by atoms with Crippen LogP contribution in [0.5, 0.6) is 0 Å². The molecule has 0 bridgehead atoms. The van der Waals surface area contributed by atoms with E-state index < -0.39 is 0 Å². The summed E-state index contributed by atoms with van der Waals surface area (Å²) in [6.07, 6.45) is 1.09. The normalized spacial score (nSPS) is 12.6. The van der Waals surface area contributed by atoms with E-state index in [1.165, 1.54) is 0 Å². The maximum atomic E-state index is 4.51. The molecule has 0 fully saturated rings. The number of aromatic nitrogens is 2. The second kappa shape index (κ2) is 7.31. The van der Waals surface area contributed by atoms with E-state index >= 15 is 0 Å². The fraction of sp³-hybridized carbons (Fsp3) is 0.733. The van der Waals surface area contributed by atoms with Gasteiger partial charge in [-0.15, -0.1) is 0 Å². The summed E-state index contributed by atoms with van der Waals surface area (Å²) >= 11 is 0. The molecule has 0 saturated carbocycles. The number of aryl methyl sites for hydroxylation is 1. The predicted molar refractivity (Wildman–Crippen MR) is 82.8 cm³/mol. The molecule has 0 radical (unpaired) electrons. The van der Waals surface area contributed by atoms with Crippen LogP contribution < -0.4 is 10.6 Å². The van der Waals surface area contributed by atoms with Gasteiger partial charge in [0, 0.05) is 18.7 Å². The number of anilines is 2. The van der Waals surface area contributed by atoms with Crippen LogP contribution in [-0.2, 0) is 0 Å². The van der Waals surface area contributed by atoms with Gasteiger partial charge in [0.05, 0.1) is 0 Å². The molecule has 4 heteroatoms. The third-order valence-corrected chi connectivity index (χ3v) is 3.53. The lowest BCUT2D eigenvalue weighted by Crippen LogP contribution is -2.18. The zero-order valence-corrected chi connectivity index (χ0v) is 13.2. The van der Waals surface area contributed by atoms with Gasteiger partial charge in [0.25, 0.3) is 0 Å². The first-order chi connectivity index (χ1) is 8.95. The van der Waals surface area contributed by atoms with E-state index in [0.717, 1.165) is 42.5 Å².